The zero-order valence-electron chi connectivity index (χ0n) is 13.9. The highest BCUT2D eigenvalue weighted by atomic mass is 15.3. The number of nitrogens with two attached hydrogens (primary N) is 1. The third-order valence-corrected chi connectivity index (χ3v) is 4.53. The quantitative estimate of drug-likeness (QED) is 0.682. The minimum Gasteiger partial charge on any atom is -0.370 e. The molecule has 0 atom stereocenters. The second kappa shape index (κ2) is 6.96. The Hall–Kier alpha value is -1.52. The number of hydrogen-bond acceptors (Lipinski definition) is 2. The number of rotatable bonds is 4. The first-order chi connectivity index (χ1) is 10.1. The molecule has 2 heterocycles. The van der Waals surface area contributed by atoms with E-state index >= 15 is 0 Å². The molecule has 1 saturated heterocycles. The maximum atomic E-state index is 6.18. The first kappa shape index (κ1) is 15.9. The average molecular weight is 291 g/mol. The summed E-state index contributed by atoms with van der Waals surface area (Å²) in [6.45, 7) is 9.33. The summed E-state index contributed by atoms with van der Waals surface area (Å²) in [7, 11) is 2.01. The van der Waals surface area contributed by atoms with Crippen LogP contribution in [0.3, 0.4) is 0 Å². The van der Waals surface area contributed by atoms with Crippen molar-refractivity contribution >= 4 is 5.96 Å². The fraction of sp³-hybridized carbons (Fsp3) is 0.750. The maximum Gasteiger partial charge on any atom is 0.191 e. The molecule has 0 aliphatic carbocycles. The number of likely N-dealkylation sites (tertiary alicyclic amines) is 1. The number of aryl methyl sites for hydroxylation is 2. The van der Waals surface area contributed by atoms with Crippen LogP contribution in [0.25, 0.3) is 0 Å². The van der Waals surface area contributed by atoms with Crippen LogP contribution >= 0.6 is 0 Å². The van der Waals surface area contributed by atoms with Crippen LogP contribution in [0.1, 0.15) is 50.6 Å². The van der Waals surface area contributed by atoms with Crippen LogP contribution in [0.4, 0.5) is 0 Å². The van der Waals surface area contributed by atoms with Gasteiger partial charge in [0.1, 0.15) is 0 Å². The number of nitrogens with zero attached hydrogens (tertiary/aromatic N) is 4. The molecule has 1 aliphatic rings. The van der Waals surface area contributed by atoms with Crippen molar-refractivity contribution in [2.45, 2.75) is 53.0 Å². The lowest BCUT2D eigenvalue weighted by molar-refractivity contribution is 0.277. The second-order valence-corrected chi connectivity index (χ2v) is 6.05. The number of hydrogen-bond donors (Lipinski definition) is 1. The highest BCUT2D eigenvalue weighted by Gasteiger charge is 2.18. The molecule has 0 saturated carbocycles. The van der Waals surface area contributed by atoms with Gasteiger partial charge in [0.2, 0.25) is 0 Å². The predicted octanol–water partition coefficient (Wildman–Crippen LogP) is 2.09. The van der Waals surface area contributed by atoms with E-state index in [1.165, 1.54) is 24.1 Å². The minimum atomic E-state index is 0.651. The van der Waals surface area contributed by atoms with Crippen LogP contribution in [-0.2, 0) is 26.4 Å². The molecule has 0 aromatic carbocycles. The Bertz CT molecular complexity index is 495. The fourth-order valence-electron chi connectivity index (χ4n) is 3.07. The van der Waals surface area contributed by atoms with E-state index in [1.54, 1.807) is 0 Å². The van der Waals surface area contributed by atoms with Gasteiger partial charge in [-0.15, -0.1) is 0 Å². The third kappa shape index (κ3) is 3.57. The number of piperidine rings is 1. The Morgan fingerprint density at radius 2 is 1.95 bits per heavy atom. The molecule has 2 rings (SSSR count). The van der Waals surface area contributed by atoms with E-state index in [2.05, 4.69) is 35.8 Å². The first-order valence-electron chi connectivity index (χ1n) is 8.15. The summed E-state index contributed by atoms with van der Waals surface area (Å²) in [5.74, 6) is 1.50. The van der Waals surface area contributed by atoms with E-state index in [4.69, 9.17) is 5.73 Å². The molecule has 1 fully saturated rings. The summed E-state index contributed by atoms with van der Waals surface area (Å²) < 4.78 is 1.99. The monoisotopic (exact) mass is 291 g/mol. The number of aromatic nitrogens is 2. The van der Waals surface area contributed by atoms with E-state index in [-0.39, 0.29) is 0 Å². The number of aliphatic imine (C=N–C) groups is 1. The van der Waals surface area contributed by atoms with Crippen LogP contribution in [0.5, 0.6) is 0 Å². The lowest BCUT2D eigenvalue weighted by Crippen LogP contribution is -2.42. The van der Waals surface area contributed by atoms with Crippen molar-refractivity contribution in [3.8, 4) is 0 Å². The summed E-state index contributed by atoms with van der Waals surface area (Å²) in [4.78, 5) is 6.86. The molecule has 2 N–H and O–H groups in total. The minimum absolute atomic E-state index is 0.651. The molecule has 0 bridgehead atoms. The SMILES string of the molecule is CCc1nn(C)c(CC)c1CN=C(N)N1CCC(C)CC1. The van der Waals surface area contributed by atoms with Gasteiger partial charge in [0.25, 0.3) is 0 Å². The van der Waals surface area contributed by atoms with Crippen LogP contribution in [0.2, 0.25) is 0 Å². The van der Waals surface area contributed by atoms with Crippen molar-refractivity contribution in [1.82, 2.24) is 14.7 Å². The van der Waals surface area contributed by atoms with Crippen molar-refractivity contribution in [1.29, 1.82) is 0 Å². The molecule has 0 spiro atoms. The standard InChI is InChI=1S/C16H29N5/c1-5-14-13(15(6-2)20(4)19-14)11-18-16(17)21-9-7-12(3)8-10-21/h12H,5-11H2,1-4H3,(H2,17,18). The summed E-state index contributed by atoms with van der Waals surface area (Å²) in [5, 5.41) is 4.59. The second-order valence-electron chi connectivity index (χ2n) is 6.05. The van der Waals surface area contributed by atoms with E-state index in [0.717, 1.165) is 37.5 Å². The summed E-state index contributed by atoms with van der Waals surface area (Å²) in [6.07, 6.45) is 4.35. The molecule has 1 aromatic heterocycles. The Labute approximate surface area is 128 Å². The maximum absolute atomic E-state index is 6.18. The topological polar surface area (TPSA) is 59.4 Å². The van der Waals surface area contributed by atoms with Gasteiger partial charge < -0.3 is 10.6 Å². The lowest BCUT2D eigenvalue weighted by Gasteiger charge is -2.31. The van der Waals surface area contributed by atoms with Crippen molar-refractivity contribution in [3.05, 3.63) is 17.0 Å². The van der Waals surface area contributed by atoms with Gasteiger partial charge in [0.05, 0.1) is 12.2 Å². The largest absolute Gasteiger partial charge is 0.370 e. The first-order valence-corrected chi connectivity index (χ1v) is 8.15. The van der Waals surface area contributed by atoms with Gasteiger partial charge >= 0.3 is 0 Å². The predicted molar refractivity (Wildman–Crippen MR) is 87.3 cm³/mol. The molecule has 5 nitrogen and oxygen atoms in total. The van der Waals surface area contributed by atoms with E-state index in [0.29, 0.717) is 12.5 Å². The van der Waals surface area contributed by atoms with Crippen molar-refractivity contribution < 1.29 is 0 Å². The molecular formula is C16H29N5. The fourth-order valence-corrected chi connectivity index (χ4v) is 3.07. The van der Waals surface area contributed by atoms with E-state index in [1.807, 2.05) is 11.7 Å². The van der Waals surface area contributed by atoms with E-state index in [9.17, 15) is 0 Å². The van der Waals surface area contributed by atoms with Crippen molar-refractivity contribution in [2.75, 3.05) is 13.1 Å². The normalized spacial score (nSPS) is 17.5. The Morgan fingerprint density at radius 1 is 1.29 bits per heavy atom. The number of guanidine groups is 1. The Balaban J connectivity index is 2.09. The molecule has 1 aliphatic heterocycles. The molecule has 5 heteroatoms. The zero-order chi connectivity index (χ0) is 15.4. The smallest absolute Gasteiger partial charge is 0.191 e. The highest BCUT2D eigenvalue weighted by molar-refractivity contribution is 5.78. The van der Waals surface area contributed by atoms with E-state index < -0.39 is 0 Å². The lowest BCUT2D eigenvalue weighted by atomic mass is 10.00. The Morgan fingerprint density at radius 3 is 2.52 bits per heavy atom. The highest BCUT2D eigenvalue weighted by Crippen LogP contribution is 2.18. The molecule has 21 heavy (non-hydrogen) atoms. The van der Waals surface area contributed by atoms with Crippen molar-refractivity contribution in [3.63, 3.8) is 0 Å². The average Bonchev–Trinajstić information content (AvgIpc) is 2.80. The Kier molecular flexibility index (Phi) is 5.26. The molecule has 0 unspecified atom stereocenters. The van der Waals surface area contributed by atoms with Crippen LogP contribution in [0, 0.1) is 5.92 Å². The summed E-state index contributed by atoms with van der Waals surface area (Å²) in [6, 6.07) is 0. The van der Waals surface area contributed by atoms with Crippen LogP contribution in [0.15, 0.2) is 4.99 Å². The zero-order valence-corrected chi connectivity index (χ0v) is 13.9. The van der Waals surface area contributed by atoms with Gasteiger partial charge in [-0.3, -0.25) is 4.68 Å². The molecule has 0 amide bonds. The van der Waals surface area contributed by atoms with Gasteiger partial charge in [0, 0.05) is 31.4 Å². The van der Waals surface area contributed by atoms with Gasteiger partial charge in [-0.05, 0) is 31.6 Å². The summed E-state index contributed by atoms with van der Waals surface area (Å²) >= 11 is 0. The molecule has 118 valence electrons. The van der Waals surface area contributed by atoms with Gasteiger partial charge in [-0.2, -0.15) is 5.10 Å². The van der Waals surface area contributed by atoms with Gasteiger partial charge in [-0.1, -0.05) is 20.8 Å². The molecular weight excluding hydrogens is 262 g/mol. The van der Waals surface area contributed by atoms with Crippen LogP contribution in [-0.4, -0.2) is 33.7 Å². The molecule has 1 aromatic rings. The third-order valence-electron chi connectivity index (χ3n) is 4.53. The van der Waals surface area contributed by atoms with Crippen LogP contribution < -0.4 is 5.73 Å². The van der Waals surface area contributed by atoms with Gasteiger partial charge in [0.15, 0.2) is 5.96 Å². The summed E-state index contributed by atoms with van der Waals surface area (Å²) in [5.41, 5.74) is 9.87. The van der Waals surface area contributed by atoms with Crippen molar-refractivity contribution in [2.24, 2.45) is 23.7 Å². The van der Waals surface area contributed by atoms with Gasteiger partial charge in [-0.25, -0.2) is 4.99 Å². The molecule has 0 radical (unpaired) electrons.